The lowest BCUT2D eigenvalue weighted by Gasteiger charge is -2.28. The van der Waals surface area contributed by atoms with E-state index in [4.69, 9.17) is 4.74 Å². The van der Waals surface area contributed by atoms with Crippen molar-refractivity contribution >= 4 is 0 Å². The molecule has 3 aromatic carbocycles. The molecule has 0 spiro atoms. The summed E-state index contributed by atoms with van der Waals surface area (Å²) in [5, 5.41) is 0. The number of ether oxygens (including phenoxy) is 1. The van der Waals surface area contributed by atoms with Crippen LogP contribution in [0.5, 0.6) is 5.75 Å². The summed E-state index contributed by atoms with van der Waals surface area (Å²) in [5.74, 6) is -0.388. The van der Waals surface area contributed by atoms with E-state index in [0.717, 1.165) is 29.2 Å². The lowest BCUT2D eigenvalue weighted by atomic mass is 9.77. The highest BCUT2D eigenvalue weighted by atomic mass is 19.2. The Morgan fingerprint density at radius 1 is 0.781 bits per heavy atom. The van der Waals surface area contributed by atoms with Crippen LogP contribution >= 0.6 is 0 Å². The van der Waals surface area contributed by atoms with E-state index >= 15 is 0 Å². The number of halogens is 3. The Balaban J connectivity index is 1.43. The molecule has 1 aliphatic carbocycles. The van der Waals surface area contributed by atoms with Gasteiger partial charge in [-0.3, -0.25) is 0 Å². The van der Waals surface area contributed by atoms with Crippen LogP contribution < -0.4 is 4.74 Å². The maximum absolute atomic E-state index is 14.2. The summed E-state index contributed by atoms with van der Waals surface area (Å²) in [5.41, 5.74) is 3.48. The molecule has 0 aromatic heterocycles. The molecule has 0 unspecified atom stereocenters. The Kier molecular flexibility index (Phi) is 7.19. The third-order valence-corrected chi connectivity index (χ3v) is 6.52. The second-order valence-corrected chi connectivity index (χ2v) is 8.84. The fourth-order valence-electron chi connectivity index (χ4n) is 4.75. The quantitative estimate of drug-likeness (QED) is 0.360. The number of rotatable bonds is 7. The van der Waals surface area contributed by atoms with Gasteiger partial charge in [0.2, 0.25) is 0 Å². The molecule has 0 heterocycles. The molecule has 0 N–H and O–H groups in total. The molecule has 0 atom stereocenters. The van der Waals surface area contributed by atoms with Crippen molar-refractivity contribution in [3.63, 3.8) is 0 Å². The number of hydrogen-bond donors (Lipinski definition) is 0. The van der Waals surface area contributed by atoms with Crippen LogP contribution in [0.2, 0.25) is 0 Å². The first-order valence-corrected chi connectivity index (χ1v) is 11.5. The van der Waals surface area contributed by atoms with Gasteiger partial charge in [-0.1, -0.05) is 50.1 Å². The fourth-order valence-corrected chi connectivity index (χ4v) is 4.75. The second-order valence-electron chi connectivity index (χ2n) is 8.84. The molecular weight excluding hydrogens is 409 g/mol. The summed E-state index contributed by atoms with van der Waals surface area (Å²) in [4.78, 5) is 0. The van der Waals surface area contributed by atoms with Crippen molar-refractivity contribution in [2.45, 2.75) is 58.0 Å². The van der Waals surface area contributed by atoms with Crippen LogP contribution in [-0.4, -0.2) is 0 Å². The first kappa shape index (κ1) is 22.4. The maximum atomic E-state index is 14.2. The molecule has 4 rings (SSSR count). The Morgan fingerprint density at radius 3 is 2.22 bits per heavy atom. The van der Waals surface area contributed by atoms with E-state index in [1.807, 2.05) is 12.1 Å². The van der Waals surface area contributed by atoms with E-state index in [9.17, 15) is 13.2 Å². The first-order valence-electron chi connectivity index (χ1n) is 11.5. The minimum absolute atomic E-state index is 0.0275. The SMILES string of the molecule is CCC[C@H]1CC[C@H](c2ccc(-c3cc(F)cc(OCc4ccc(F)c(F)c4)c3)cc2)CC1. The molecule has 0 saturated heterocycles. The third-order valence-electron chi connectivity index (χ3n) is 6.52. The lowest BCUT2D eigenvalue weighted by Crippen LogP contribution is -2.13. The highest BCUT2D eigenvalue weighted by Gasteiger charge is 2.21. The van der Waals surface area contributed by atoms with E-state index in [-0.39, 0.29) is 6.61 Å². The highest BCUT2D eigenvalue weighted by molar-refractivity contribution is 5.65. The monoisotopic (exact) mass is 438 g/mol. The molecule has 0 radical (unpaired) electrons. The Bertz CT molecular complexity index is 1040. The van der Waals surface area contributed by atoms with E-state index in [1.54, 1.807) is 6.07 Å². The largest absolute Gasteiger partial charge is 0.489 e. The summed E-state index contributed by atoms with van der Waals surface area (Å²) in [6.45, 7) is 2.29. The number of hydrogen-bond acceptors (Lipinski definition) is 1. The minimum Gasteiger partial charge on any atom is -0.489 e. The topological polar surface area (TPSA) is 9.23 Å². The third kappa shape index (κ3) is 5.53. The van der Waals surface area contributed by atoms with E-state index in [1.165, 1.54) is 62.3 Å². The van der Waals surface area contributed by atoms with E-state index < -0.39 is 17.5 Å². The van der Waals surface area contributed by atoms with Crippen LogP contribution in [0.1, 0.15) is 62.5 Å². The average molecular weight is 439 g/mol. The summed E-state index contributed by atoms with van der Waals surface area (Å²) in [7, 11) is 0. The van der Waals surface area contributed by atoms with Crippen LogP contribution in [0.25, 0.3) is 11.1 Å². The first-order chi connectivity index (χ1) is 15.5. The van der Waals surface area contributed by atoms with Crippen molar-refractivity contribution < 1.29 is 17.9 Å². The van der Waals surface area contributed by atoms with Crippen LogP contribution in [0, 0.1) is 23.4 Å². The lowest BCUT2D eigenvalue weighted by molar-refractivity contribution is 0.303. The summed E-state index contributed by atoms with van der Waals surface area (Å²) < 4.78 is 46.4. The molecule has 1 fully saturated rings. The van der Waals surface area contributed by atoms with Gasteiger partial charge in [0.1, 0.15) is 18.2 Å². The van der Waals surface area contributed by atoms with Gasteiger partial charge in [0.05, 0.1) is 0 Å². The molecule has 1 saturated carbocycles. The molecule has 0 bridgehead atoms. The van der Waals surface area contributed by atoms with Crippen molar-refractivity contribution in [2.75, 3.05) is 0 Å². The van der Waals surface area contributed by atoms with Crippen molar-refractivity contribution in [1.29, 1.82) is 0 Å². The highest BCUT2D eigenvalue weighted by Crippen LogP contribution is 2.38. The molecule has 168 valence electrons. The molecular formula is C28H29F3O. The van der Waals surface area contributed by atoms with Crippen molar-refractivity contribution in [1.82, 2.24) is 0 Å². The molecule has 1 nitrogen and oxygen atoms in total. The average Bonchev–Trinajstić information content (AvgIpc) is 2.80. The zero-order chi connectivity index (χ0) is 22.5. The normalized spacial score (nSPS) is 18.5. The van der Waals surface area contributed by atoms with Gasteiger partial charge in [0.15, 0.2) is 11.6 Å². The Labute approximate surface area is 188 Å². The van der Waals surface area contributed by atoms with Gasteiger partial charge >= 0.3 is 0 Å². The minimum atomic E-state index is -0.926. The van der Waals surface area contributed by atoms with Gasteiger partial charge in [-0.25, -0.2) is 13.2 Å². The van der Waals surface area contributed by atoms with Gasteiger partial charge < -0.3 is 4.74 Å². The van der Waals surface area contributed by atoms with Gasteiger partial charge in [-0.2, -0.15) is 0 Å². The predicted octanol–water partition coefficient (Wildman–Crippen LogP) is 8.42. The van der Waals surface area contributed by atoms with Gasteiger partial charge in [-0.15, -0.1) is 0 Å². The molecule has 0 amide bonds. The molecule has 1 aliphatic rings. The van der Waals surface area contributed by atoms with Crippen molar-refractivity contribution in [3.8, 4) is 16.9 Å². The Morgan fingerprint density at radius 2 is 1.53 bits per heavy atom. The zero-order valence-electron chi connectivity index (χ0n) is 18.4. The van der Waals surface area contributed by atoms with Gasteiger partial charge in [-0.05, 0) is 84.0 Å². The van der Waals surface area contributed by atoms with Crippen molar-refractivity contribution in [3.05, 3.63) is 89.2 Å². The predicted molar refractivity (Wildman–Crippen MR) is 122 cm³/mol. The van der Waals surface area contributed by atoms with Crippen LogP contribution in [0.15, 0.2) is 60.7 Å². The summed E-state index contributed by atoms with van der Waals surface area (Å²) in [6, 6.07) is 16.6. The summed E-state index contributed by atoms with van der Waals surface area (Å²) >= 11 is 0. The Hall–Kier alpha value is -2.75. The van der Waals surface area contributed by atoms with Crippen LogP contribution in [-0.2, 0) is 6.61 Å². The zero-order valence-corrected chi connectivity index (χ0v) is 18.4. The molecule has 3 aromatic rings. The van der Waals surface area contributed by atoms with E-state index in [2.05, 4.69) is 19.1 Å². The van der Waals surface area contributed by atoms with Gasteiger partial charge in [0.25, 0.3) is 0 Å². The van der Waals surface area contributed by atoms with Crippen molar-refractivity contribution in [2.24, 2.45) is 5.92 Å². The van der Waals surface area contributed by atoms with Crippen LogP contribution in [0.3, 0.4) is 0 Å². The molecule has 4 heteroatoms. The molecule has 0 aliphatic heterocycles. The maximum Gasteiger partial charge on any atom is 0.159 e. The van der Waals surface area contributed by atoms with Gasteiger partial charge in [0, 0.05) is 6.07 Å². The van der Waals surface area contributed by atoms with E-state index in [0.29, 0.717) is 17.2 Å². The fraction of sp³-hybridized carbons (Fsp3) is 0.357. The second kappa shape index (κ2) is 10.2. The number of benzene rings is 3. The van der Waals surface area contributed by atoms with Crippen LogP contribution in [0.4, 0.5) is 13.2 Å². The summed E-state index contributed by atoms with van der Waals surface area (Å²) in [6.07, 6.45) is 7.71. The molecule has 32 heavy (non-hydrogen) atoms. The smallest absolute Gasteiger partial charge is 0.159 e. The standard InChI is InChI=1S/C28H29F3O/c1-2-3-19-4-7-21(8-5-19)22-9-11-23(12-10-22)24-15-25(29)17-26(16-24)32-18-20-6-13-27(30)28(31)14-20/h6,9-17,19,21H,2-5,7-8,18H2,1H3/t19-,21-.